The van der Waals surface area contributed by atoms with Crippen LogP contribution < -0.4 is 10.6 Å². The monoisotopic (exact) mass is 354 g/mol. The summed E-state index contributed by atoms with van der Waals surface area (Å²) < 4.78 is 1.71. The van der Waals surface area contributed by atoms with E-state index in [2.05, 4.69) is 15.7 Å². The molecule has 5 nitrogen and oxygen atoms in total. The molecule has 6 heteroatoms. The van der Waals surface area contributed by atoms with E-state index in [1.807, 2.05) is 55.5 Å². The third kappa shape index (κ3) is 4.26. The van der Waals surface area contributed by atoms with E-state index in [0.29, 0.717) is 10.8 Å². The summed E-state index contributed by atoms with van der Waals surface area (Å²) in [6.07, 6.45) is 0. The fraction of sp³-hybridized carbons (Fsp3) is 0.158. The van der Waals surface area contributed by atoms with Gasteiger partial charge in [0.15, 0.2) is 0 Å². The highest BCUT2D eigenvalue weighted by Crippen LogP contribution is 2.25. The topological polar surface area (TPSA) is 59.0 Å². The lowest BCUT2D eigenvalue weighted by molar-refractivity contribution is -0.115. The zero-order chi connectivity index (χ0) is 17.6. The van der Waals surface area contributed by atoms with Gasteiger partial charge in [0.2, 0.25) is 5.91 Å². The summed E-state index contributed by atoms with van der Waals surface area (Å²) in [6, 6.07) is 19.0. The molecule has 0 aliphatic carbocycles. The smallest absolute Gasteiger partial charge is 0.239 e. The van der Waals surface area contributed by atoms with Gasteiger partial charge in [-0.3, -0.25) is 4.79 Å². The molecule has 3 aromatic rings. The van der Waals surface area contributed by atoms with Crippen LogP contribution in [0, 0.1) is 0 Å². The third-order valence-corrected chi connectivity index (χ3v) is 3.91. The molecule has 0 saturated carbocycles. The maximum Gasteiger partial charge on any atom is 0.239 e. The minimum atomic E-state index is -0.114. The van der Waals surface area contributed by atoms with Crippen LogP contribution in [-0.2, 0) is 4.79 Å². The first-order valence-corrected chi connectivity index (χ1v) is 8.47. The number of anilines is 1. The van der Waals surface area contributed by atoms with Gasteiger partial charge in [-0.25, -0.2) is 4.68 Å². The molecule has 1 heterocycles. The number of hydrogen-bond acceptors (Lipinski definition) is 3. The van der Waals surface area contributed by atoms with Crippen molar-refractivity contribution in [3.63, 3.8) is 0 Å². The summed E-state index contributed by atoms with van der Waals surface area (Å²) in [6.45, 7) is 2.95. The van der Waals surface area contributed by atoms with E-state index in [4.69, 9.17) is 11.6 Å². The molecule has 1 aromatic heterocycles. The number of hydrogen-bond donors (Lipinski definition) is 2. The van der Waals surface area contributed by atoms with Crippen LogP contribution in [0.25, 0.3) is 16.9 Å². The molecule has 0 fully saturated rings. The number of benzene rings is 2. The number of rotatable bonds is 6. The van der Waals surface area contributed by atoms with Crippen LogP contribution in [0.1, 0.15) is 6.92 Å². The number of likely N-dealkylation sites (N-methyl/N-ethyl adjacent to an activating group) is 1. The van der Waals surface area contributed by atoms with Crippen LogP contribution in [0.5, 0.6) is 0 Å². The third-order valence-electron chi connectivity index (χ3n) is 3.65. The Balaban J connectivity index is 1.97. The lowest BCUT2D eigenvalue weighted by Gasteiger charge is -2.09. The second kappa shape index (κ2) is 7.96. The predicted octanol–water partition coefficient (Wildman–Crippen LogP) is 3.74. The Bertz CT molecular complexity index is 844. The maximum absolute atomic E-state index is 12.1. The number of nitrogens with one attached hydrogen (secondary N) is 2. The molecule has 0 unspecified atom stereocenters. The van der Waals surface area contributed by atoms with Gasteiger partial charge < -0.3 is 10.6 Å². The molecule has 128 valence electrons. The molecule has 2 N–H and O–H groups in total. The van der Waals surface area contributed by atoms with Gasteiger partial charge in [-0.05, 0) is 30.8 Å². The first-order valence-electron chi connectivity index (χ1n) is 8.09. The summed E-state index contributed by atoms with van der Waals surface area (Å²) in [5, 5.41) is 11.2. The molecule has 3 rings (SSSR count). The fourth-order valence-electron chi connectivity index (χ4n) is 2.42. The van der Waals surface area contributed by atoms with Gasteiger partial charge in [0.1, 0.15) is 5.82 Å². The van der Waals surface area contributed by atoms with Gasteiger partial charge in [-0.2, -0.15) is 5.10 Å². The van der Waals surface area contributed by atoms with Crippen molar-refractivity contribution in [3.05, 3.63) is 65.7 Å². The summed E-state index contributed by atoms with van der Waals surface area (Å²) in [5.74, 6) is 0.501. The SMILES string of the molecule is CCNCC(=O)Nc1cc(-c2ccccc2)nn1-c1ccc(Cl)cc1. The van der Waals surface area contributed by atoms with Gasteiger partial charge >= 0.3 is 0 Å². The Labute approximate surface area is 151 Å². The number of aromatic nitrogens is 2. The van der Waals surface area contributed by atoms with Crippen molar-refractivity contribution < 1.29 is 4.79 Å². The summed E-state index contributed by atoms with van der Waals surface area (Å²) in [4.78, 5) is 12.1. The predicted molar refractivity (Wildman–Crippen MR) is 101 cm³/mol. The average molecular weight is 355 g/mol. The zero-order valence-electron chi connectivity index (χ0n) is 13.9. The van der Waals surface area contributed by atoms with Crippen LogP contribution in [0.15, 0.2) is 60.7 Å². The standard InChI is InChI=1S/C19H19ClN4O/c1-2-21-13-19(25)22-18-12-17(14-6-4-3-5-7-14)23-24(18)16-10-8-15(20)9-11-16/h3-12,21H,2,13H2,1H3,(H,22,25). The molecule has 0 saturated heterocycles. The number of nitrogens with zero attached hydrogens (tertiary/aromatic N) is 2. The van der Waals surface area contributed by atoms with Crippen molar-refractivity contribution >= 4 is 23.3 Å². The van der Waals surface area contributed by atoms with Crippen LogP contribution in [0.2, 0.25) is 5.02 Å². The molecule has 0 atom stereocenters. The average Bonchev–Trinajstić information content (AvgIpc) is 3.05. The minimum absolute atomic E-state index is 0.114. The van der Waals surface area contributed by atoms with Crippen LogP contribution >= 0.6 is 11.6 Å². The van der Waals surface area contributed by atoms with Crippen LogP contribution in [-0.4, -0.2) is 28.8 Å². The largest absolute Gasteiger partial charge is 0.309 e. The second-order valence-corrected chi connectivity index (χ2v) is 5.93. The quantitative estimate of drug-likeness (QED) is 0.709. The Kier molecular flexibility index (Phi) is 5.48. The summed E-state index contributed by atoms with van der Waals surface area (Å²) in [5.41, 5.74) is 2.59. The normalized spacial score (nSPS) is 10.6. The molecule has 0 radical (unpaired) electrons. The Morgan fingerprint density at radius 3 is 2.52 bits per heavy atom. The summed E-state index contributed by atoms with van der Waals surface area (Å²) in [7, 11) is 0. The van der Waals surface area contributed by atoms with Crippen molar-refractivity contribution in [3.8, 4) is 16.9 Å². The lowest BCUT2D eigenvalue weighted by atomic mass is 10.2. The van der Waals surface area contributed by atoms with Gasteiger partial charge in [-0.15, -0.1) is 0 Å². The van der Waals surface area contributed by atoms with Gasteiger partial charge in [0.05, 0.1) is 17.9 Å². The number of halogens is 1. The molecular weight excluding hydrogens is 336 g/mol. The van der Waals surface area contributed by atoms with E-state index in [0.717, 1.165) is 23.5 Å². The molecule has 0 aliphatic rings. The second-order valence-electron chi connectivity index (χ2n) is 5.50. The molecule has 1 amide bonds. The maximum atomic E-state index is 12.1. The number of amides is 1. The highest BCUT2D eigenvalue weighted by Gasteiger charge is 2.13. The van der Waals surface area contributed by atoms with Gasteiger partial charge in [0, 0.05) is 16.7 Å². The van der Waals surface area contributed by atoms with E-state index in [1.165, 1.54) is 0 Å². The molecule has 0 bridgehead atoms. The van der Waals surface area contributed by atoms with E-state index in [-0.39, 0.29) is 12.5 Å². The van der Waals surface area contributed by atoms with Crippen LogP contribution in [0.3, 0.4) is 0 Å². The van der Waals surface area contributed by atoms with E-state index >= 15 is 0 Å². The summed E-state index contributed by atoms with van der Waals surface area (Å²) >= 11 is 5.97. The lowest BCUT2D eigenvalue weighted by Crippen LogP contribution is -2.28. The van der Waals surface area contributed by atoms with E-state index in [9.17, 15) is 4.79 Å². The van der Waals surface area contributed by atoms with E-state index < -0.39 is 0 Å². The first kappa shape index (κ1) is 17.2. The number of carbonyl (C=O) groups excluding carboxylic acids is 1. The number of carbonyl (C=O) groups is 1. The van der Waals surface area contributed by atoms with Gasteiger partial charge in [-0.1, -0.05) is 48.9 Å². The van der Waals surface area contributed by atoms with E-state index in [1.54, 1.807) is 16.8 Å². The Morgan fingerprint density at radius 2 is 1.84 bits per heavy atom. The van der Waals surface area contributed by atoms with Crippen molar-refractivity contribution in [1.29, 1.82) is 0 Å². The molecular formula is C19H19ClN4O. The van der Waals surface area contributed by atoms with Crippen molar-refractivity contribution in [1.82, 2.24) is 15.1 Å². The van der Waals surface area contributed by atoms with Gasteiger partial charge in [0.25, 0.3) is 0 Å². The minimum Gasteiger partial charge on any atom is -0.309 e. The highest BCUT2D eigenvalue weighted by molar-refractivity contribution is 6.30. The molecule has 25 heavy (non-hydrogen) atoms. The fourth-order valence-corrected chi connectivity index (χ4v) is 2.55. The van der Waals surface area contributed by atoms with Crippen molar-refractivity contribution in [2.45, 2.75) is 6.92 Å². The Hall–Kier alpha value is -2.63. The first-order chi connectivity index (χ1) is 12.2. The Morgan fingerprint density at radius 1 is 1.12 bits per heavy atom. The zero-order valence-corrected chi connectivity index (χ0v) is 14.6. The molecule has 0 spiro atoms. The van der Waals surface area contributed by atoms with Crippen molar-refractivity contribution in [2.24, 2.45) is 0 Å². The van der Waals surface area contributed by atoms with Crippen LogP contribution in [0.4, 0.5) is 5.82 Å². The van der Waals surface area contributed by atoms with Crippen molar-refractivity contribution in [2.75, 3.05) is 18.4 Å². The molecule has 0 aliphatic heterocycles. The highest BCUT2D eigenvalue weighted by atomic mass is 35.5. The molecule has 2 aromatic carbocycles.